The molecule has 3 aromatic rings. The van der Waals surface area contributed by atoms with Crippen LogP contribution in [0.25, 0.3) is 0 Å². The van der Waals surface area contributed by atoms with E-state index in [4.69, 9.17) is 28.9 Å². The SMILES string of the molecule is C=CCO[C@@]12Oc3ccc(Oc4ccc(C)c(C)c4)cc3[C@H]3[C@H](CCCCO)[C@@H](CCCCO)C=C(C(=NOC4CCCCO4)C[C@@H]1N(Cc1ccc(F)cc1)C(=O)CCCCCCCCCCC)[C@H]32. The highest BCUT2D eigenvalue weighted by molar-refractivity contribution is 6.03. The maximum atomic E-state index is 15.3. The molecule has 70 heavy (non-hydrogen) atoms. The summed E-state index contributed by atoms with van der Waals surface area (Å²) >= 11 is 0. The van der Waals surface area contributed by atoms with Gasteiger partial charge in [0.25, 0.3) is 0 Å². The quantitative estimate of drug-likeness (QED) is 0.0420. The number of nitrogens with zero attached hydrogens (tertiary/aromatic N) is 2. The third-order valence-corrected chi connectivity index (χ3v) is 15.2. The van der Waals surface area contributed by atoms with E-state index in [1.807, 2.05) is 23.1 Å². The Bertz CT molecular complexity index is 2190. The number of hydrogen-bond acceptors (Lipinski definition) is 9. The lowest BCUT2D eigenvalue weighted by Gasteiger charge is -2.60. The maximum absolute atomic E-state index is 15.3. The molecule has 2 heterocycles. The smallest absolute Gasteiger partial charge is 0.239 e. The fourth-order valence-corrected chi connectivity index (χ4v) is 11.4. The predicted octanol–water partition coefficient (Wildman–Crippen LogP) is 13.3. The Hall–Kier alpha value is -4.55. The lowest BCUT2D eigenvalue weighted by atomic mass is 9.55. The summed E-state index contributed by atoms with van der Waals surface area (Å²) < 4.78 is 42.0. The molecule has 2 fully saturated rings. The van der Waals surface area contributed by atoms with Gasteiger partial charge in [0, 0.05) is 50.5 Å². The molecule has 4 aliphatic rings. The Balaban J connectivity index is 1.38. The molecule has 2 aliphatic carbocycles. The zero-order valence-electron chi connectivity index (χ0n) is 42.4. The van der Waals surface area contributed by atoms with Crippen molar-refractivity contribution >= 4 is 11.6 Å². The van der Waals surface area contributed by atoms with Gasteiger partial charge in [-0.15, -0.1) is 6.58 Å². The van der Waals surface area contributed by atoms with Crippen LogP contribution in [0.5, 0.6) is 17.2 Å². The molecule has 0 bridgehead atoms. The zero-order valence-corrected chi connectivity index (χ0v) is 42.4. The average Bonchev–Trinajstić information content (AvgIpc) is 3.37. The van der Waals surface area contributed by atoms with Gasteiger partial charge in [-0.2, -0.15) is 0 Å². The molecule has 0 radical (unpaired) electrons. The van der Waals surface area contributed by atoms with Crippen molar-refractivity contribution < 1.29 is 43.2 Å². The van der Waals surface area contributed by atoms with Gasteiger partial charge in [-0.1, -0.05) is 107 Å². The van der Waals surface area contributed by atoms with Gasteiger partial charge in [0.05, 0.1) is 24.8 Å². The van der Waals surface area contributed by atoms with Crippen LogP contribution in [-0.4, -0.2) is 71.3 Å². The molecule has 1 saturated heterocycles. The summed E-state index contributed by atoms with van der Waals surface area (Å²) in [6.07, 6.45) is 21.7. The van der Waals surface area contributed by atoms with Crippen molar-refractivity contribution in [2.24, 2.45) is 22.9 Å². The van der Waals surface area contributed by atoms with E-state index in [1.54, 1.807) is 18.2 Å². The van der Waals surface area contributed by atoms with E-state index in [-0.39, 0.29) is 62.3 Å². The molecule has 3 aromatic carbocycles. The van der Waals surface area contributed by atoms with Gasteiger partial charge in [0.2, 0.25) is 18.0 Å². The first-order chi connectivity index (χ1) is 34.2. The van der Waals surface area contributed by atoms with Gasteiger partial charge in [0.1, 0.15) is 29.1 Å². The number of benzene rings is 3. The summed E-state index contributed by atoms with van der Waals surface area (Å²) in [5.74, 6) is -0.276. The van der Waals surface area contributed by atoms with Crippen molar-refractivity contribution in [3.63, 3.8) is 0 Å². The number of oxime groups is 1. The lowest BCUT2D eigenvalue weighted by molar-refractivity contribution is -0.258. The van der Waals surface area contributed by atoms with Crippen LogP contribution < -0.4 is 9.47 Å². The van der Waals surface area contributed by atoms with Crippen LogP contribution in [0, 0.1) is 37.4 Å². The number of halogens is 1. The van der Waals surface area contributed by atoms with E-state index in [0.29, 0.717) is 37.4 Å². The van der Waals surface area contributed by atoms with Crippen molar-refractivity contribution in [1.29, 1.82) is 0 Å². The number of allylic oxidation sites excluding steroid dienone is 1. The molecule has 10 nitrogen and oxygen atoms in total. The number of amides is 1. The van der Waals surface area contributed by atoms with Gasteiger partial charge in [-0.3, -0.25) is 4.79 Å². The van der Waals surface area contributed by atoms with Crippen LogP contribution in [0.4, 0.5) is 4.39 Å². The molecule has 1 amide bonds. The normalized spacial score (nSPS) is 24.3. The van der Waals surface area contributed by atoms with E-state index < -0.39 is 24.0 Å². The summed E-state index contributed by atoms with van der Waals surface area (Å²) in [6, 6.07) is 17.9. The summed E-state index contributed by atoms with van der Waals surface area (Å²) in [5.41, 5.74) is 5.79. The molecule has 1 saturated carbocycles. The number of rotatable bonds is 28. The number of aliphatic hydroxyl groups excluding tert-OH is 2. The summed E-state index contributed by atoms with van der Waals surface area (Å²) in [7, 11) is 0. The Morgan fingerprint density at radius 2 is 1.59 bits per heavy atom. The largest absolute Gasteiger partial charge is 0.459 e. The van der Waals surface area contributed by atoms with E-state index >= 15 is 4.79 Å². The number of carbonyl (C=O) groups excluding carboxylic acids is 1. The highest BCUT2D eigenvalue weighted by atomic mass is 19.1. The van der Waals surface area contributed by atoms with Crippen molar-refractivity contribution in [3.05, 3.63) is 113 Å². The first-order valence-corrected chi connectivity index (χ1v) is 26.8. The first kappa shape index (κ1) is 53.3. The Labute approximate surface area is 417 Å². The second-order valence-electron chi connectivity index (χ2n) is 20.2. The molecule has 0 spiro atoms. The van der Waals surface area contributed by atoms with Crippen molar-refractivity contribution in [2.45, 2.75) is 180 Å². The topological polar surface area (TPSA) is 119 Å². The number of carbonyl (C=O) groups is 1. The first-order valence-electron chi connectivity index (χ1n) is 26.8. The van der Waals surface area contributed by atoms with Crippen LogP contribution >= 0.6 is 0 Å². The van der Waals surface area contributed by atoms with Crippen LogP contribution in [0.15, 0.2) is 90.1 Å². The minimum absolute atomic E-state index is 0.0255. The molecule has 0 aromatic heterocycles. The Morgan fingerprint density at radius 3 is 2.29 bits per heavy atom. The highest BCUT2D eigenvalue weighted by Gasteiger charge is 2.65. The van der Waals surface area contributed by atoms with Crippen LogP contribution in [0.2, 0.25) is 0 Å². The fourth-order valence-electron chi connectivity index (χ4n) is 11.4. The van der Waals surface area contributed by atoms with Crippen molar-refractivity contribution in [1.82, 2.24) is 4.90 Å². The van der Waals surface area contributed by atoms with Crippen LogP contribution in [-0.2, 0) is 25.7 Å². The van der Waals surface area contributed by atoms with Crippen molar-refractivity contribution in [2.75, 3.05) is 26.4 Å². The number of aliphatic hydroxyl groups is 2. The fraction of sp³-hybridized carbons (Fsp3) is 0.593. The molecular formula is C59H81FN2O8. The third-order valence-electron chi connectivity index (χ3n) is 15.2. The monoisotopic (exact) mass is 965 g/mol. The van der Waals surface area contributed by atoms with E-state index in [0.717, 1.165) is 104 Å². The predicted molar refractivity (Wildman–Crippen MR) is 274 cm³/mol. The summed E-state index contributed by atoms with van der Waals surface area (Å²) in [5, 5.41) is 25.2. The number of fused-ring (bicyclic) bond motifs is 2. The zero-order chi connectivity index (χ0) is 49.3. The van der Waals surface area contributed by atoms with Gasteiger partial charge in [-0.05, 0) is 135 Å². The number of hydrogen-bond donors (Lipinski definition) is 2. The second-order valence-corrected chi connectivity index (χ2v) is 20.2. The second kappa shape index (κ2) is 26.8. The molecule has 2 aliphatic heterocycles. The van der Waals surface area contributed by atoms with E-state index in [9.17, 15) is 14.6 Å². The molecule has 382 valence electrons. The molecule has 1 unspecified atom stereocenters. The number of unbranched alkanes of at least 4 members (excludes halogenated alkanes) is 10. The Morgan fingerprint density at radius 1 is 0.871 bits per heavy atom. The van der Waals surface area contributed by atoms with Crippen molar-refractivity contribution in [3.8, 4) is 17.2 Å². The highest BCUT2D eigenvalue weighted by Crippen LogP contribution is 2.62. The molecule has 7 rings (SSSR count). The minimum atomic E-state index is -1.42. The standard InChI is InChI=1S/C59H81FN2O8/c1-5-7-8-9-10-11-12-13-14-23-55(65)62(41-44-26-28-46(60)29-27-44)54-40-52(61-70-56-24-17-20-36-66-56)50-38-45(21-15-18-33-63)49(22-16-19-34-64)57-51-39-48(68-47-30-25-42(3)43(4)37-47)31-32-53(51)69-59(54,58(50)57)67-35-6-2/h6,25-32,37-39,45,49,54,56-58,63-64H,2,5,7-24,33-36,40-41H2,1,3-4H3/t45-,49+,54-,56?,57+,58+,59+/m0/s1. The third kappa shape index (κ3) is 13.5. The van der Waals surface area contributed by atoms with Gasteiger partial charge < -0.3 is 38.9 Å². The molecule has 11 heteroatoms. The van der Waals surface area contributed by atoms with E-state index in [2.05, 4.69) is 51.6 Å². The van der Waals surface area contributed by atoms with Gasteiger partial charge >= 0.3 is 0 Å². The molecule has 2 N–H and O–H groups in total. The average molecular weight is 965 g/mol. The molecule has 7 atom stereocenters. The lowest BCUT2D eigenvalue weighted by Crippen LogP contribution is -2.70. The maximum Gasteiger partial charge on any atom is 0.239 e. The summed E-state index contributed by atoms with van der Waals surface area (Å²) in [6.45, 7) is 11.7. The molecular weight excluding hydrogens is 884 g/mol. The number of ether oxygens (including phenoxy) is 4. The Kier molecular flexibility index (Phi) is 20.4. The number of aryl methyl sites for hydroxylation is 2. The van der Waals surface area contributed by atoms with Gasteiger partial charge in [-0.25, -0.2) is 4.39 Å². The van der Waals surface area contributed by atoms with Crippen LogP contribution in [0.1, 0.15) is 164 Å². The van der Waals surface area contributed by atoms with E-state index in [1.165, 1.54) is 49.8 Å². The summed E-state index contributed by atoms with van der Waals surface area (Å²) in [4.78, 5) is 23.6. The van der Waals surface area contributed by atoms with Crippen LogP contribution in [0.3, 0.4) is 0 Å². The minimum Gasteiger partial charge on any atom is -0.459 e. The van der Waals surface area contributed by atoms with Gasteiger partial charge in [0.15, 0.2) is 0 Å².